The van der Waals surface area contributed by atoms with Gasteiger partial charge in [0.15, 0.2) is 0 Å². The summed E-state index contributed by atoms with van der Waals surface area (Å²) in [6.45, 7) is 4.66. The predicted molar refractivity (Wildman–Crippen MR) is 226 cm³/mol. The lowest BCUT2D eigenvalue weighted by atomic mass is 9.82. The van der Waals surface area contributed by atoms with Gasteiger partial charge in [-0.1, -0.05) is 123 Å². The Kier molecular flexibility index (Phi) is 7.48. The number of anilines is 6. The Balaban J connectivity index is 0.995. The van der Waals surface area contributed by atoms with E-state index in [0.717, 1.165) is 61.6 Å². The third-order valence-corrected chi connectivity index (χ3v) is 11.1. The molecular formula is C51H38N2O. The SMILES string of the molecule is CC1(C)c2ccccc2-c2cc(N(c3ccccc3)c3ccc(-c4ccc(N(c5ccccc5)c5ccc6oc7ccccc7c6c5)cc4)cc3)ccc21. The molecule has 8 aromatic carbocycles. The zero-order chi connectivity index (χ0) is 36.2. The molecule has 1 aliphatic rings. The van der Waals surface area contributed by atoms with Crippen molar-refractivity contribution < 1.29 is 4.42 Å². The standard InChI is InChI=1S/C51H38N2O/c1-51(2)47-19-11-9-17-43(47)45-33-41(29-31-48(45)51)52(37-13-5-3-6-14-37)39-25-21-35(22-26-39)36-23-27-40(28-24-36)53(38-15-7-4-8-16-38)42-30-32-50-46(34-42)44-18-10-12-20-49(44)54-50/h3-34H,1-2H3. The minimum Gasteiger partial charge on any atom is -0.456 e. The van der Waals surface area contributed by atoms with E-state index in [1.165, 1.54) is 27.8 Å². The van der Waals surface area contributed by atoms with Crippen LogP contribution in [0.2, 0.25) is 0 Å². The maximum absolute atomic E-state index is 6.15. The summed E-state index contributed by atoms with van der Waals surface area (Å²) < 4.78 is 6.15. The van der Waals surface area contributed by atoms with Crippen molar-refractivity contribution in [2.75, 3.05) is 9.80 Å². The van der Waals surface area contributed by atoms with Gasteiger partial charge in [0, 0.05) is 50.3 Å². The minimum atomic E-state index is -0.0281. The molecule has 258 valence electrons. The maximum atomic E-state index is 6.15. The van der Waals surface area contributed by atoms with E-state index in [-0.39, 0.29) is 5.41 Å². The van der Waals surface area contributed by atoms with Crippen LogP contribution in [-0.2, 0) is 5.41 Å². The monoisotopic (exact) mass is 694 g/mol. The second kappa shape index (κ2) is 12.7. The lowest BCUT2D eigenvalue weighted by Crippen LogP contribution is -2.15. The quantitative estimate of drug-likeness (QED) is 0.166. The molecule has 10 rings (SSSR count). The first-order chi connectivity index (χ1) is 26.5. The van der Waals surface area contributed by atoms with Gasteiger partial charge in [-0.2, -0.15) is 0 Å². The molecule has 9 aromatic rings. The molecule has 54 heavy (non-hydrogen) atoms. The number of furan rings is 1. The highest BCUT2D eigenvalue weighted by Gasteiger charge is 2.35. The van der Waals surface area contributed by atoms with E-state index in [2.05, 4.69) is 206 Å². The van der Waals surface area contributed by atoms with Crippen molar-refractivity contribution in [3.8, 4) is 22.3 Å². The van der Waals surface area contributed by atoms with Gasteiger partial charge in [0.05, 0.1) is 0 Å². The average molecular weight is 695 g/mol. The number of fused-ring (bicyclic) bond motifs is 6. The maximum Gasteiger partial charge on any atom is 0.135 e. The molecule has 1 aliphatic carbocycles. The lowest BCUT2D eigenvalue weighted by Gasteiger charge is -2.27. The van der Waals surface area contributed by atoms with Gasteiger partial charge in [-0.25, -0.2) is 0 Å². The van der Waals surface area contributed by atoms with Gasteiger partial charge < -0.3 is 14.2 Å². The van der Waals surface area contributed by atoms with Crippen LogP contribution < -0.4 is 9.80 Å². The molecule has 0 bridgehead atoms. The number of hydrogen-bond donors (Lipinski definition) is 0. The van der Waals surface area contributed by atoms with E-state index >= 15 is 0 Å². The fraction of sp³-hybridized carbons (Fsp3) is 0.0588. The van der Waals surface area contributed by atoms with Gasteiger partial charge in [0.2, 0.25) is 0 Å². The highest BCUT2D eigenvalue weighted by molar-refractivity contribution is 6.06. The zero-order valence-electron chi connectivity index (χ0n) is 30.3. The molecule has 0 amide bonds. The molecular weight excluding hydrogens is 657 g/mol. The number of rotatable bonds is 7. The molecule has 0 aliphatic heterocycles. The molecule has 3 nitrogen and oxygen atoms in total. The largest absolute Gasteiger partial charge is 0.456 e. The van der Waals surface area contributed by atoms with E-state index < -0.39 is 0 Å². The van der Waals surface area contributed by atoms with Crippen LogP contribution >= 0.6 is 0 Å². The fourth-order valence-corrected chi connectivity index (χ4v) is 8.35. The van der Waals surface area contributed by atoms with Crippen molar-refractivity contribution in [2.24, 2.45) is 0 Å². The smallest absolute Gasteiger partial charge is 0.135 e. The van der Waals surface area contributed by atoms with Crippen molar-refractivity contribution >= 4 is 56.1 Å². The predicted octanol–water partition coefficient (Wildman–Crippen LogP) is 14.5. The summed E-state index contributed by atoms with van der Waals surface area (Å²) in [6.07, 6.45) is 0. The Hall–Kier alpha value is -6.84. The Bertz CT molecular complexity index is 2780. The van der Waals surface area contributed by atoms with E-state index in [1.807, 2.05) is 12.1 Å². The number of benzene rings is 8. The van der Waals surface area contributed by atoms with Gasteiger partial charge in [0.25, 0.3) is 0 Å². The van der Waals surface area contributed by atoms with Gasteiger partial charge in [-0.3, -0.25) is 0 Å². The first-order valence-electron chi connectivity index (χ1n) is 18.6. The molecule has 3 heteroatoms. The van der Waals surface area contributed by atoms with E-state index in [0.29, 0.717) is 0 Å². The van der Waals surface area contributed by atoms with Gasteiger partial charge in [-0.05, 0) is 118 Å². The average Bonchev–Trinajstić information content (AvgIpc) is 3.71. The molecule has 1 heterocycles. The van der Waals surface area contributed by atoms with Crippen molar-refractivity contribution in [1.82, 2.24) is 0 Å². The Morgan fingerprint density at radius 2 is 0.815 bits per heavy atom. The van der Waals surface area contributed by atoms with Gasteiger partial charge in [-0.15, -0.1) is 0 Å². The summed E-state index contributed by atoms with van der Waals surface area (Å²) >= 11 is 0. The summed E-state index contributed by atoms with van der Waals surface area (Å²) in [5.41, 5.74) is 16.2. The van der Waals surface area contributed by atoms with Crippen molar-refractivity contribution in [3.05, 3.63) is 205 Å². The molecule has 0 radical (unpaired) electrons. The van der Waals surface area contributed by atoms with Gasteiger partial charge in [0.1, 0.15) is 11.2 Å². The highest BCUT2D eigenvalue weighted by Crippen LogP contribution is 2.50. The molecule has 0 spiro atoms. The lowest BCUT2D eigenvalue weighted by molar-refractivity contribution is 0.660. The van der Waals surface area contributed by atoms with Crippen LogP contribution in [0.4, 0.5) is 34.1 Å². The molecule has 0 saturated heterocycles. The molecule has 0 atom stereocenters. The van der Waals surface area contributed by atoms with Crippen LogP contribution in [0.15, 0.2) is 199 Å². The number of para-hydroxylation sites is 3. The summed E-state index contributed by atoms with van der Waals surface area (Å²) in [5, 5.41) is 2.23. The van der Waals surface area contributed by atoms with Crippen LogP contribution in [0, 0.1) is 0 Å². The fourth-order valence-electron chi connectivity index (χ4n) is 8.35. The van der Waals surface area contributed by atoms with Gasteiger partial charge >= 0.3 is 0 Å². The minimum absolute atomic E-state index is 0.0281. The normalized spacial score (nSPS) is 12.8. The topological polar surface area (TPSA) is 19.6 Å². The van der Waals surface area contributed by atoms with Crippen LogP contribution in [0.1, 0.15) is 25.0 Å². The number of nitrogens with zero attached hydrogens (tertiary/aromatic N) is 2. The molecule has 0 N–H and O–H groups in total. The molecule has 0 unspecified atom stereocenters. The van der Waals surface area contributed by atoms with E-state index in [9.17, 15) is 0 Å². The first-order valence-corrected chi connectivity index (χ1v) is 18.6. The summed E-state index contributed by atoms with van der Waals surface area (Å²) in [5.74, 6) is 0. The van der Waals surface area contributed by atoms with Crippen molar-refractivity contribution in [3.63, 3.8) is 0 Å². The van der Waals surface area contributed by atoms with Crippen molar-refractivity contribution in [1.29, 1.82) is 0 Å². The first kappa shape index (κ1) is 31.9. The Morgan fingerprint density at radius 3 is 1.46 bits per heavy atom. The summed E-state index contributed by atoms with van der Waals surface area (Å²) in [7, 11) is 0. The van der Waals surface area contributed by atoms with E-state index in [4.69, 9.17) is 4.42 Å². The molecule has 1 aromatic heterocycles. The van der Waals surface area contributed by atoms with Crippen LogP contribution in [0.3, 0.4) is 0 Å². The summed E-state index contributed by atoms with van der Waals surface area (Å²) in [6, 6.07) is 69.5. The Morgan fingerprint density at radius 1 is 0.352 bits per heavy atom. The van der Waals surface area contributed by atoms with Crippen LogP contribution in [0.25, 0.3) is 44.2 Å². The molecule has 0 fully saturated rings. The van der Waals surface area contributed by atoms with Crippen LogP contribution in [0.5, 0.6) is 0 Å². The highest BCUT2D eigenvalue weighted by atomic mass is 16.3. The second-order valence-electron chi connectivity index (χ2n) is 14.6. The summed E-state index contributed by atoms with van der Waals surface area (Å²) in [4.78, 5) is 4.67. The second-order valence-corrected chi connectivity index (χ2v) is 14.6. The van der Waals surface area contributed by atoms with Crippen molar-refractivity contribution in [2.45, 2.75) is 19.3 Å². The van der Waals surface area contributed by atoms with E-state index in [1.54, 1.807) is 0 Å². The molecule has 0 saturated carbocycles. The van der Waals surface area contributed by atoms with Crippen LogP contribution in [-0.4, -0.2) is 0 Å². The third-order valence-electron chi connectivity index (χ3n) is 11.1. The number of hydrogen-bond acceptors (Lipinski definition) is 3. The zero-order valence-corrected chi connectivity index (χ0v) is 30.3. The third kappa shape index (κ3) is 5.28. The Labute approximate surface area is 316 Å².